The highest BCUT2D eigenvalue weighted by Gasteiger charge is 2.57. The van der Waals surface area contributed by atoms with Crippen LogP contribution in [0.1, 0.15) is 47.6 Å². The molecule has 0 saturated carbocycles. The predicted octanol–water partition coefficient (Wildman–Crippen LogP) is 6.04. The topological polar surface area (TPSA) is 113 Å². The number of amides is 2. The summed E-state index contributed by atoms with van der Waals surface area (Å²) in [6, 6.07) is 9.37. The molecule has 2 aromatic heterocycles. The minimum absolute atomic E-state index is 0.0331. The molecule has 2 N–H and O–H groups in total. The number of ether oxygens (including phenoxy) is 1. The molecular formula is C33H28F6N2O6. The lowest BCUT2D eigenvalue weighted by Crippen LogP contribution is -2.35. The van der Waals surface area contributed by atoms with E-state index >= 15 is 0 Å². The lowest BCUT2D eigenvalue weighted by atomic mass is 9.69. The third kappa shape index (κ3) is 6.24. The average molecular weight is 663 g/mol. The Morgan fingerprint density at radius 1 is 0.936 bits per heavy atom. The van der Waals surface area contributed by atoms with Crippen LogP contribution in [0.15, 0.2) is 70.3 Å². The van der Waals surface area contributed by atoms with Crippen LogP contribution < -0.4 is 4.90 Å². The van der Waals surface area contributed by atoms with E-state index in [2.05, 4.69) is 4.98 Å². The normalized spacial score (nSPS) is 23.5. The summed E-state index contributed by atoms with van der Waals surface area (Å²) < 4.78 is 93.2. The van der Waals surface area contributed by atoms with Crippen molar-refractivity contribution in [1.82, 2.24) is 4.98 Å². The number of furan rings is 1. The number of aromatic nitrogens is 1. The molecule has 8 nitrogen and oxygen atoms in total. The number of imide groups is 1. The number of anilines is 1. The largest absolute Gasteiger partial charge is 0.459 e. The number of hydrogen-bond acceptors (Lipinski definition) is 7. The van der Waals surface area contributed by atoms with Gasteiger partial charge in [0.1, 0.15) is 18.1 Å². The summed E-state index contributed by atoms with van der Waals surface area (Å²) in [5.41, 5.74) is -1.63. The number of halogens is 6. The maximum absolute atomic E-state index is 13.8. The van der Waals surface area contributed by atoms with Crippen LogP contribution in [0.3, 0.4) is 0 Å². The van der Waals surface area contributed by atoms with Crippen LogP contribution >= 0.6 is 0 Å². The molecule has 0 unspecified atom stereocenters. The lowest BCUT2D eigenvalue weighted by molar-refractivity contribution is -0.143. The van der Waals surface area contributed by atoms with Crippen molar-refractivity contribution in [3.05, 3.63) is 94.2 Å². The number of pyridine rings is 1. The minimum atomic E-state index is -5.17. The predicted molar refractivity (Wildman–Crippen MR) is 154 cm³/mol. The van der Waals surface area contributed by atoms with Crippen LogP contribution in [0.4, 0.5) is 32.0 Å². The van der Waals surface area contributed by atoms with E-state index in [1.807, 2.05) is 6.07 Å². The molecule has 0 bridgehead atoms. The fraction of sp³-hybridized carbons (Fsp3) is 0.364. The first-order chi connectivity index (χ1) is 22.3. The lowest BCUT2D eigenvalue weighted by Gasteiger charge is -2.31. The van der Waals surface area contributed by atoms with Crippen molar-refractivity contribution in [1.29, 1.82) is 0 Å². The number of allylic oxidation sites excluding steroid dienone is 1. The van der Waals surface area contributed by atoms with Crippen molar-refractivity contribution in [3.63, 3.8) is 0 Å². The molecular weight excluding hydrogens is 634 g/mol. The highest BCUT2D eigenvalue weighted by atomic mass is 19.4. The van der Waals surface area contributed by atoms with Crippen molar-refractivity contribution < 1.29 is 55.3 Å². The smallest absolute Gasteiger partial charge is 0.416 e. The summed E-state index contributed by atoms with van der Waals surface area (Å²) in [6.45, 7) is -0.785. The zero-order valence-electron chi connectivity index (χ0n) is 24.5. The van der Waals surface area contributed by atoms with Gasteiger partial charge in [0.25, 0.3) is 0 Å². The number of fused-ring (bicyclic) bond motifs is 3. The molecule has 6 rings (SSSR count). The minimum Gasteiger partial charge on any atom is -0.459 e. The number of nitrogens with zero attached hydrogens (tertiary/aromatic N) is 2. The molecule has 14 heteroatoms. The van der Waals surface area contributed by atoms with E-state index in [1.165, 1.54) is 0 Å². The number of carbonyl (C=O) groups excluding carboxylic acids is 2. The molecule has 2 saturated heterocycles. The Bertz CT molecular complexity index is 1710. The molecule has 1 aromatic carbocycles. The van der Waals surface area contributed by atoms with E-state index in [9.17, 15) is 46.1 Å². The molecule has 248 valence electrons. The van der Waals surface area contributed by atoms with Crippen LogP contribution in [0.5, 0.6) is 0 Å². The van der Waals surface area contributed by atoms with Gasteiger partial charge in [0, 0.05) is 12.1 Å². The number of carbonyl (C=O) groups is 2. The number of aliphatic hydroxyl groups excluding tert-OH is 2. The van der Waals surface area contributed by atoms with Gasteiger partial charge in [0.05, 0.1) is 53.7 Å². The Kier molecular flexibility index (Phi) is 8.61. The first-order valence-electron chi connectivity index (χ1n) is 14.7. The van der Waals surface area contributed by atoms with Crippen molar-refractivity contribution >= 4 is 29.2 Å². The van der Waals surface area contributed by atoms with Crippen LogP contribution in [-0.4, -0.2) is 46.3 Å². The maximum atomic E-state index is 13.8. The Labute approximate surface area is 264 Å². The number of hydrogen-bond donors (Lipinski definition) is 2. The van der Waals surface area contributed by atoms with Crippen molar-refractivity contribution in [2.45, 2.75) is 44.3 Å². The van der Waals surface area contributed by atoms with Gasteiger partial charge in [-0.25, -0.2) is 4.90 Å². The van der Waals surface area contributed by atoms with Crippen molar-refractivity contribution in [3.8, 4) is 0 Å². The highest BCUT2D eigenvalue weighted by molar-refractivity contribution is 6.22. The second kappa shape index (κ2) is 12.4. The first-order valence-corrected chi connectivity index (χ1v) is 14.7. The fourth-order valence-electron chi connectivity index (χ4n) is 6.78. The second-order valence-electron chi connectivity index (χ2n) is 11.6. The molecule has 1 aliphatic carbocycles. The number of rotatable bonds is 8. The number of aliphatic hydroxyl groups is 2. The standard InChI is InChI=1S/C33H28F6N2O6/c34-32(35,36)19-11-20(33(37,38)39)13-21(12-19)41-30(44)24-10-18(14-42)28-25(29(24)31(41)45)16-46-27(28)7-4-17(26-3-1-2-8-40-26)9-22-5-6-23(15-43)47-22/h1-3,5-6,8-9,11-13,24-25,27,29,42-43H,4,7,10,14-16H2/b17-9-/t24-,25+,27-,29-/m1/s1. The molecule has 4 atom stereocenters. The molecule has 3 aliphatic rings. The summed E-state index contributed by atoms with van der Waals surface area (Å²) >= 11 is 0. The molecule has 0 spiro atoms. The maximum Gasteiger partial charge on any atom is 0.416 e. The SMILES string of the molecule is O=C1[C@@H]2[C@@H](CC(CO)=C3[C@@H](CC/C(=C/c4ccc(CO)o4)c4ccccn4)OC[C@@H]32)C(=O)N1c1cc(C(F)(F)F)cc(C(F)(F)F)c1. The van der Waals surface area contributed by atoms with Gasteiger partial charge < -0.3 is 19.4 Å². The molecule has 47 heavy (non-hydrogen) atoms. The van der Waals surface area contributed by atoms with E-state index < -0.39 is 71.4 Å². The molecule has 2 amide bonds. The average Bonchev–Trinajstić information content (AvgIpc) is 3.74. The molecule has 4 heterocycles. The van der Waals surface area contributed by atoms with Crippen molar-refractivity contribution in [2.75, 3.05) is 18.1 Å². The first kappa shape index (κ1) is 32.7. The quantitative estimate of drug-likeness (QED) is 0.172. The summed E-state index contributed by atoms with van der Waals surface area (Å²) in [4.78, 5) is 32.1. The summed E-state index contributed by atoms with van der Waals surface area (Å²) in [5, 5.41) is 19.7. The van der Waals surface area contributed by atoms with Crippen LogP contribution in [-0.2, 0) is 33.3 Å². The summed E-state index contributed by atoms with van der Waals surface area (Å²) in [7, 11) is 0. The van der Waals surface area contributed by atoms with E-state index in [4.69, 9.17) is 9.15 Å². The molecule has 3 aromatic rings. The van der Waals surface area contributed by atoms with E-state index in [0.29, 0.717) is 58.2 Å². The Balaban J connectivity index is 1.29. The van der Waals surface area contributed by atoms with Gasteiger partial charge in [-0.3, -0.25) is 14.6 Å². The summed E-state index contributed by atoms with van der Waals surface area (Å²) in [6.07, 6.45) is -6.88. The zero-order valence-corrected chi connectivity index (χ0v) is 24.5. The molecule has 2 aliphatic heterocycles. The fourth-order valence-corrected chi connectivity index (χ4v) is 6.78. The monoisotopic (exact) mass is 662 g/mol. The van der Waals surface area contributed by atoms with Gasteiger partial charge in [-0.2, -0.15) is 26.3 Å². The van der Waals surface area contributed by atoms with Crippen LogP contribution in [0.2, 0.25) is 0 Å². The summed E-state index contributed by atoms with van der Waals surface area (Å²) in [5.74, 6) is -3.88. The third-order valence-electron chi connectivity index (χ3n) is 8.85. The highest BCUT2D eigenvalue weighted by Crippen LogP contribution is 2.51. The van der Waals surface area contributed by atoms with Gasteiger partial charge in [-0.1, -0.05) is 6.07 Å². The van der Waals surface area contributed by atoms with E-state index in [-0.39, 0.29) is 25.7 Å². The van der Waals surface area contributed by atoms with E-state index in [1.54, 1.807) is 36.5 Å². The van der Waals surface area contributed by atoms with Gasteiger partial charge in [0.2, 0.25) is 11.8 Å². The Morgan fingerprint density at radius 2 is 1.66 bits per heavy atom. The van der Waals surface area contributed by atoms with Gasteiger partial charge in [-0.15, -0.1) is 0 Å². The zero-order chi connectivity index (χ0) is 33.7. The Morgan fingerprint density at radius 3 is 2.26 bits per heavy atom. The van der Waals surface area contributed by atoms with Gasteiger partial charge in [0.15, 0.2) is 0 Å². The van der Waals surface area contributed by atoms with Crippen LogP contribution in [0, 0.1) is 17.8 Å². The molecule has 2 fully saturated rings. The second-order valence-corrected chi connectivity index (χ2v) is 11.6. The van der Waals surface area contributed by atoms with Gasteiger partial charge >= 0.3 is 12.4 Å². The van der Waals surface area contributed by atoms with Crippen LogP contribution in [0.25, 0.3) is 11.6 Å². The number of alkyl halides is 6. The van der Waals surface area contributed by atoms with Gasteiger partial charge in [-0.05, 0) is 84.5 Å². The van der Waals surface area contributed by atoms with Crippen molar-refractivity contribution in [2.24, 2.45) is 17.8 Å². The van der Waals surface area contributed by atoms with E-state index in [0.717, 1.165) is 5.57 Å². The molecule has 0 radical (unpaired) electrons. The number of benzene rings is 1. The third-order valence-corrected chi connectivity index (χ3v) is 8.85. The Hall–Kier alpha value is -4.27.